The fraction of sp³-hybridized carbons (Fsp3) is 0.375. The van der Waals surface area contributed by atoms with Gasteiger partial charge in [-0.15, -0.1) is 11.3 Å². The van der Waals surface area contributed by atoms with Gasteiger partial charge in [-0.2, -0.15) is 0 Å². The van der Waals surface area contributed by atoms with Crippen LogP contribution in [0, 0.1) is 0 Å². The molecule has 3 aromatic rings. The lowest BCUT2D eigenvalue weighted by Crippen LogP contribution is -2.50. The third-order valence-electron chi connectivity index (χ3n) is 5.66. The number of hydrogen-bond donors (Lipinski definition) is 1. The molecule has 2 aromatic carbocycles. The van der Waals surface area contributed by atoms with Crippen molar-refractivity contribution in [1.29, 1.82) is 0 Å². The third kappa shape index (κ3) is 5.48. The largest absolute Gasteiger partial charge is 0.340 e. The van der Waals surface area contributed by atoms with Crippen LogP contribution in [0.5, 0.6) is 0 Å². The van der Waals surface area contributed by atoms with Gasteiger partial charge in [0.05, 0.1) is 21.8 Å². The van der Waals surface area contributed by atoms with Crippen molar-refractivity contribution >= 4 is 39.1 Å². The number of amides is 2. The van der Waals surface area contributed by atoms with Gasteiger partial charge in [0, 0.05) is 44.7 Å². The van der Waals surface area contributed by atoms with Gasteiger partial charge in [0.15, 0.2) is 0 Å². The number of rotatable bonds is 7. The Morgan fingerprint density at radius 3 is 2.55 bits per heavy atom. The lowest BCUT2D eigenvalue weighted by atomic mass is 10.1. The second-order valence-electron chi connectivity index (χ2n) is 7.79. The first-order chi connectivity index (χ1) is 15.1. The van der Waals surface area contributed by atoms with E-state index in [-0.39, 0.29) is 11.8 Å². The second-order valence-corrected chi connectivity index (χ2v) is 8.91. The molecule has 0 radical (unpaired) electrons. The van der Waals surface area contributed by atoms with Gasteiger partial charge < -0.3 is 10.2 Å². The number of hydrogen-bond acceptors (Lipinski definition) is 5. The zero-order valence-electron chi connectivity index (χ0n) is 17.8. The normalized spacial score (nSPS) is 14.7. The molecule has 7 heteroatoms. The first-order valence-electron chi connectivity index (χ1n) is 10.8. The summed E-state index contributed by atoms with van der Waals surface area (Å²) in [7, 11) is 0. The molecule has 1 fully saturated rings. The summed E-state index contributed by atoms with van der Waals surface area (Å²) in [5.41, 5.74) is 3.03. The fourth-order valence-corrected chi connectivity index (χ4v) is 4.86. The number of benzene rings is 2. The minimum Gasteiger partial charge on any atom is -0.340 e. The van der Waals surface area contributed by atoms with Crippen LogP contribution >= 0.6 is 11.3 Å². The van der Waals surface area contributed by atoms with Crippen molar-refractivity contribution in [2.24, 2.45) is 0 Å². The summed E-state index contributed by atoms with van der Waals surface area (Å²) in [6.45, 7) is 5.20. The number of nitrogens with zero attached hydrogens (tertiary/aromatic N) is 3. The zero-order chi connectivity index (χ0) is 21.6. The molecule has 0 spiro atoms. The molecule has 1 aromatic heterocycles. The van der Waals surface area contributed by atoms with Crippen LogP contribution in [0.15, 0.2) is 48.5 Å². The molecule has 1 aliphatic heterocycles. The van der Waals surface area contributed by atoms with Crippen molar-refractivity contribution in [3.05, 3.63) is 59.1 Å². The molecule has 0 atom stereocenters. The maximum Gasteiger partial charge on any atom is 0.238 e. The number of piperazine rings is 1. The smallest absolute Gasteiger partial charge is 0.238 e. The highest BCUT2D eigenvalue weighted by Crippen LogP contribution is 2.22. The van der Waals surface area contributed by atoms with E-state index in [1.807, 2.05) is 47.4 Å². The monoisotopic (exact) mass is 436 g/mol. The van der Waals surface area contributed by atoms with Crippen molar-refractivity contribution in [2.45, 2.75) is 26.2 Å². The van der Waals surface area contributed by atoms with Crippen molar-refractivity contribution in [3.8, 4) is 0 Å². The van der Waals surface area contributed by atoms with Crippen LogP contribution in [0.3, 0.4) is 0 Å². The summed E-state index contributed by atoms with van der Waals surface area (Å²) < 4.78 is 1.17. The molecule has 0 aliphatic carbocycles. The van der Waals surface area contributed by atoms with E-state index in [1.54, 1.807) is 11.3 Å². The number of aryl methyl sites for hydroxylation is 2. The lowest BCUT2D eigenvalue weighted by Gasteiger charge is -2.34. The van der Waals surface area contributed by atoms with Crippen molar-refractivity contribution < 1.29 is 9.59 Å². The Hall–Kier alpha value is -2.77. The number of carbonyl (C=O) groups is 2. The molecule has 0 saturated carbocycles. The molecular formula is C24H28N4O2S. The Labute approximate surface area is 186 Å². The van der Waals surface area contributed by atoms with E-state index in [0.29, 0.717) is 32.5 Å². The van der Waals surface area contributed by atoms with E-state index in [1.165, 1.54) is 4.70 Å². The Kier molecular flexibility index (Phi) is 6.94. The standard InChI is InChI=1S/C24H28N4O2S/c1-2-18-7-3-4-8-19(18)25-22(29)17-27-13-15-28(16-14-27)24(30)12-11-23-26-20-9-5-6-10-21(20)31-23/h3-10H,2,11-17H2,1H3,(H,25,29). The van der Waals surface area contributed by atoms with Crippen LogP contribution in [0.25, 0.3) is 10.2 Å². The molecule has 1 saturated heterocycles. The summed E-state index contributed by atoms with van der Waals surface area (Å²) in [6, 6.07) is 16.0. The molecular weight excluding hydrogens is 408 g/mol. The minimum absolute atomic E-state index is 0.00323. The van der Waals surface area contributed by atoms with Gasteiger partial charge >= 0.3 is 0 Å². The number of thiazole rings is 1. The predicted molar refractivity (Wildman–Crippen MR) is 125 cm³/mol. The van der Waals surface area contributed by atoms with Gasteiger partial charge in [-0.25, -0.2) is 4.98 Å². The molecule has 1 N–H and O–H groups in total. The summed E-state index contributed by atoms with van der Waals surface area (Å²) in [5, 5.41) is 4.04. The Morgan fingerprint density at radius 2 is 1.77 bits per heavy atom. The lowest BCUT2D eigenvalue weighted by molar-refractivity contribution is -0.133. The number of para-hydroxylation sites is 2. The van der Waals surface area contributed by atoms with Gasteiger partial charge in [-0.05, 0) is 30.2 Å². The summed E-state index contributed by atoms with van der Waals surface area (Å²) in [4.78, 5) is 33.7. The third-order valence-corrected chi connectivity index (χ3v) is 6.75. The van der Waals surface area contributed by atoms with Gasteiger partial charge in [0.2, 0.25) is 11.8 Å². The number of nitrogens with one attached hydrogen (secondary N) is 1. The molecule has 6 nitrogen and oxygen atoms in total. The molecule has 4 rings (SSSR count). The van der Waals surface area contributed by atoms with E-state index >= 15 is 0 Å². The number of anilines is 1. The predicted octanol–water partition coefficient (Wildman–Crippen LogP) is 3.57. The van der Waals surface area contributed by atoms with Gasteiger partial charge in [0.25, 0.3) is 0 Å². The summed E-state index contributed by atoms with van der Waals surface area (Å²) in [5.74, 6) is 0.164. The van der Waals surface area contributed by atoms with E-state index in [0.717, 1.165) is 41.3 Å². The van der Waals surface area contributed by atoms with Gasteiger partial charge in [0.1, 0.15) is 0 Å². The molecule has 31 heavy (non-hydrogen) atoms. The highest BCUT2D eigenvalue weighted by Gasteiger charge is 2.22. The number of carbonyl (C=O) groups excluding carboxylic acids is 2. The highest BCUT2D eigenvalue weighted by molar-refractivity contribution is 7.18. The van der Waals surface area contributed by atoms with Crippen molar-refractivity contribution in [2.75, 3.05) is 38.0 Å². The first kappa shape index (κ1) is 21.5. The molecule has 162 valence electrons. The molecule has 0 bridgehead atoms. The average molecular weight is 437 g/mol. The Bertz CT molecular complexity index is 1020. The Balaban J connectivity index is 1.21. The van der Waals surface area contributed by atoms with Crippen LogP contribution in [0.2, 0.25) is 0 Å². The minimum atomic E-state index is -0.00323. The number of aromatic nitrogens is 1. The van der Waals surface area contributed by atoms with E-state index in [9.17, 15) is 9.59 Å². The Morgan fingerprint density at radius 1 is 1.03 bits per heavy atom. The van der Waals surface area contributed by atoms with Crippen LogP contribution in [-0.4, -0.2) is 59.3 Å². The zero-order valence-corrected chi connectivity index (χ0v) is 18.7. The van der Waals surface area contributed by atoms with Crippen LogP contribution in [0.1, 0.15) is 23.9 Å². The fourth-order valence-electron chi connectivity index (χ4n) is 3.90. The average Bonchev–Trinajstić information content (AvgIpc) is 3.21. The first-order valence-corrected chi connectivity index (χ1v) is 11.7. The van der Waals surface area contributed by atoms with E-state index in [4.69, 9.17) is 0 Å². The quantitative estimate of drug-likeness (QED) is 0.615. The molecule has 2 heterocycles. The van der Waals surface area contributed by atoms with Crippen LogP contribution in [-0.2, 0) is 22.4 Å². The highest BCUT2D eigenvalue weighted by atomic mass is 32.1. The SMILES string of the molecule is CCc1ccccc1NC(=O)CN1CCN(C(=O)CCc2nc3ccccc3s2)CC1. The molecule has 1 aliphatic rings. The molecule has 2 amide bonds. The number of fused-ring (bicyclic) bond motifs is 1. The van der Waals surface area contributed by atoms with E-state index < -0.39 is 0 Å². The maximum absolute atomic E-state index is 12.6. The molecule has 0 unspecified atom stereocenters. The maximum atomic E-state index is 12.6. The van der Waals surface area contributed by atoms with Gasteiger partial charge in [-0.3, -0.25) is 14.5 Å². The summed E-state index contributed by atoms with van der Waals surface area (Å²) >= 11 is 1.66. The van der Waals surface area contributed by atoms with Crippen molar-refractivity contribution in [3.63, 3.8) is 0 Å². The van der Waals surface area contributed by atoms with Crippen LogP contribution < -0.4 is 5.32 Å². The second kappa shape index (κ2) is 10.0. The summed E-state index contributed by atoms with van der Waals surface area (Å²) in [6.07, 6.45) is 2.04. The van der Waals surface area contributed by atoms with Crippen LogP contribution in [0.4, 0.5) is 5.69 Å². The van der Waals surface area contributed by atoms with E-state index in [2.05, 4.69) is 28.2 Å². The van der Waals surface area contributed by atoms with Crippen molar-refractivity contribution in [1.82, 2.24) is 14.8 Å². The van der Waals surface area contributed by atoms with Gasteiger partial charge in [-0.1, -0.05) is 37.3 Å². The topological polar surface area (TPSA) is 65.5 Å².